The van der Waals surface area contributed by atoms with Gasteiger partial charge in [-0.05, 0) is 53.8 Å². The van der Waals surface area contributed by atoms with E-state index < -0.39 is 0 Å². The molecule has 1 aromatic rings. The first-order valence-electron chi connectivity index (χ1n) is 6.13. The maximum atomic E-state index is 11.9. The minimum atomic E-state index is -0.00155. The Labute approximate surface area is 135 Å². The van der Waals surface area contributed by atoms with Crippen molar-refractivity contribution in [1.29, 1.82) is 0 Å². The Bertz CT molecular complexity index is 585. The van der Waals surface area contributed by atoms with E-state index in [1.165, 1.54) is 11.8 Å². The molecule has 0 amide bonds. The van der Waals surface area contributed by atoms with Gasteiger partial charge in [0.05, 0.1) is 7.11 Å². The number of ether oxygens (including phenoxy) is 1. The number of thioether (sulfide) groups is 2. The quantitative estimate of drug-likeness (QED) is 0.726. The third kappa shape index (κ3) is 3.90. The van der Waals surface area contributed by atoms with Crippen LogP contribution in [0.2, 0.25) is 0 Å². The molecule has 20 heavy (non-hydrogen) atoms. The van der Waals surface area contributed by atoms with Crippen molar-refractivity contribution in [3.63, 3.8) is 0 Å². The van der Waals surface area contributed by atoms with Crippen molar-refractivity contribution in [2.75, 3.05) is 12.9 Å². The van der Waals surface area contributed by atoms with Crippen molar-refractivity contribution in [3.05, 3.63) is 33.9 Å². The van der Waals surface area contributed by atoms with Crippen LogP contribution in [-0.2, 0) is 4.79 Å². The maximum absolute atomic E-state index is 11.9. The molecule has 0 saturated heterocycles. The predicted molar refractivity (Wildman–Crippen MR) is 91.5 cm³/mol. The van der Waals surface area contributed by atoms with Crippen molar-refractivity contribution < 1.29 is 9.53 Å². The van der Waals surface area contributed by atoms with E-state index in [2.05, 4.69) is 27.8 Å². The lowest BCUT2D eigenvalue weighted by molar-refractivity contribution is -0.107. The normalized spacial score (nSPS) is 16.6. The van der Waals surface area contributed by atoms with Crippen molar-refractivity contribution >= 4 is 55.0 Å². The number of carbonyl (C=O) groups is 1. The molecule has 1 aromatic carbocycles. The minimum absolute atomic E-state index is 0.00155. The van der Waals surface area contributed by atoms with Gasteiger partial charge in [0.1, 0.15) is 15.8 Å². The molecule has 0 atom stereocenters. The van der Waals surface area contributed by atoms with Gasteiger partial charge in [-0.15, -0.1) is 0 Å². The van der Waals surface area contributed by atoms with Crippen LogP contribution < -0.4 is 4.74 Å². The summed E-state index contributed by atoms with van der Waals surface area (Å²) in [6.07, 6.45) is 2.86. The van der Waals surface area contributed by atoms with Crippen LogP contribution in [0.5, 0.6) is 5.75 Å². The molecule has 6 heteroatoms. The van der Waals surface area contributed by atoms with Crippen molar-refractivity contribution in [2.24, 2.45) is 4.99 Å². The van der Waals surface area contributed by atoms with E-state index in [1.807, 2.05) is 18.2 Å². The standard InChI is InChI=1S/C14H14BrNO2S2/c1-3-6-19-14-16-12(13(17)20-14)8-9-7-10(18-2)4-5-11(9)15/h4-5,7-8H,3,6H2,1-2H3/b12-8-. The summed E-state index contributed by atoms with van der Waals surface area (Å²) >= 11 is 6.31. The van der Waals surface area contributed by atoms with E-state index in [1.54, 1.807) is 24.9 Å². The molecular weight excluding hydrogens is 358 g/mol. The number of halogens is 1. The molecule has 2 rings (SSSR count). The highest BCUT2D eigenvalue weighted by Gasteiger charge is 2.22. The second kappa shape index (κ2) is 7.33. The average molecular weight is 372 g/mol. The zero-order chi connectivity index (χ0) is 14.5. The first-order valence-corrected chi connectivity index (χ1v) is 8.72. The smallest absolute Gasteiger partial charge is 0.244 e. The fourth-order valence-electron chi connectivity index (χ4n) is 1.55. The SMILES string of the molecule is CCCSC1=N/C(=C\c2cc(OC)ccc2Br)C(=O)S1. The van der Waals surface area contributed by atoms with Crippen LogP contribution in [0, 0.1) is 0 Å². The molecule has 0 aliphatic carbocycles. The molecule has 0 unspecified atom stereocenters. The number of aliphatic imine (C=N–C) groups is 1. The number of carbonyl (C=O) groups excluding carboxylic acids is 1. The van der Waals surface area contributed by atoms with Gasteiger partial charge in [0.15, 0.2) is 0 Å². The van der Waals surface area contributed by atoms with Crippen LogP contribution in [0.3, 0.4) is 0 Å². The summed E-state index contributed by atoms with van der Waals surface area (Å²) in [5, 5.41) is -0.00155. The fourth-order valence-corrected chi connectivity index (χ4v) is 3.67. The summed E-state index contributed by atoms with van der Waals surface area (Å²) in [5.41, 5.74) is 1.38. The lowest BCUT2D eigenvalue weighted by Gasteiger charge is -2.03. The second-order valence-corrected chi connectivity index (χ2v) is 7.19. The molecule has 0 N–H and O–H groups in total. The summed E-state index contributed by atoms with van der Waals surface area (Å²) < 4.78 is 6.94. The lowest BCUT2D eigenvalue weighted by atomic mass is 10.2. The van der Waals surface area contributed by atoms with Crippen LogP contribution >= 0.6 is 39.5 Å². The van der Waals surface area contributed by atoms with Gasteiger partial charge in [-0.1, -0.05) is 34.6 Å². The largest absolute Gasteiger partial charge is 0.497 e. The fraction of sp³-hybridized carbons (Fsp3) is 0.286. The number of benzene rings is 1. The van der Waals surface area contributed by atoms with E-state index in [4.69, 9.17) is 4.74 Å². The van der Waals surface area contributed by atoms with Crippen molar-refractivity contribution in [1.82, 2.24) is 0 Å². The Balaban J connectivity index is 2.26. The van der Waals surface area contributed by atoms with Gasteiger partial charge >= 0.3 is 0 Å². The lowest BCUT2D eigenvalue weighted by Crippen LogP contribution is -1.89. The molecule has 3 nitrogen and oxygen atoms in total. The van der Waals surface area contributed by atoms with E-state index in [-0.39, 0.29) is 5.12 Å². The Kier molecular flexibility index (Phi) is 5.74. The third-order valence-corrected chi connectivity index (χ3v) is 5.46. The minimum Gasteiger partial charge on any atom is -0.497 e. The molecule has 1 heterocycles. The molecule has 0 radical (unpaired) electrons. The average Bonchev–Trinajstić information content (AvgIpc) is 2.79. The highest BCUT2D eigenvalue weighted by atomic mass is 79.9. The van der Waals surface area contributed by atoms with Gasteiger partial charge in [0.2, 0.25) is 5.12 Å². The third-order valence-electron chi connectivity index (χ3n) is 2.53. The number of rotatable bonds is 4. The molecule has 0 fully saturated rings. The first-order chi connectivity index (χ1) is 9.63. The number of hydrogen-bond donors (Lipinski definition) is 0. The second-order valence-electron chi connectivity index (χ2n) is 4.03. The van der Waals surface area contributed by atoms with Gasteiger partial charge in [-0.2, -0.15) is 0 Å². The van der Waals surface area contributed by atoms with Crippen LogP contribution in [0.1, 0.15) is 18.9 Å². The Hall–Kier alpha value is -0.720. The van der Waals surface area contributed by atoms with E-state index in [9.17, 15) is 4.79 Å². The van der Waals surface area contributed by atoms with Gasteiger partial charge in [-0.25, -0.2) is 4.99 Å². The molecule has 1 aliphatic heterocycles. The molecular formula is C14H14BrNO2S2. The predicted octanol–water partition coefficient (Wildman–Crippen LogP) is 4.57. The number of nitrogens with zero attached hydrogens (tertiary/aromatic N) is 1. The van der Waals surface area contributed by atoms with Crippen LogP contribution in [0.15, 0.2) is 33.4 Å². The highest BCUT2D eigenvalue weighted by molar-refractivity contribution is 9.10. The summed E-state index contributed by atoms with van der Waals surface area (Å²) in [6, 6.07) is 5.64. The van der Waals surface area contributed by atoms with Gasteiger partial charge < -0.3 is 4.74 Å². The summed E-state index contributed by atoms with van der Waals surface area (Å²) in [5.74, 6) is 1.73. The van der Waals surface area contributed by atoms with Gasteiger partial charge in [0.25, 0.3) is 0 Å². The monoisotopic (exact) mass is 371 g/mol. The molecule has 0 saturated carbocycles. The highest BCUT2D eigenvalue weighted by Crippen LogP contribution is 2.33. The van der Waals surface area contributed by atoms with Crippen molar-refractivity contribution in [2.45, 2.75) is 13.3 Å². The topological polar surface area (TPSA) is 38.7 Å². The maximum Gasteiger partial charge on any atom is 0.244 e. The zero-order valence-electron chi connectivity index (χ0n) is 11.2. The molecule has 0 spiro atoms. The molecule has 0 bridgehead atoms. The summed E-state index contributed by atoms with van der Waals surface area (Å²) in [6.45, 7) is 2.11. The van der Waals surface area contributed by atoms with Gasteiger partial charge in [-0.3, -0.25) is 4.79 Å². The molecule has 1 aliphatic rings. The molecule has 106 valence electrons. The molecule has 0 aromatic heterocycles. The summed E-state index contributed by atoms with van der Waals surface area (Å²) in [4.78, 5) is 16.3. The van der Waals surface area contributed by atoms with Crippen molar-refractivity contribution in [3.8, 4) is 5.75 Å². The number of hydrogen-bond acceptors (Lipinski definition) is 5. The Morgan fingerprint density at radius 3 is 3.00 bits per heavy atom. The zero-order valence-corrected chi connectivity index (χ0v) is 14.4. The van der Waals surface area contributed by atoms with Crippen LogP contribution in [0.25, 0.3) is 6.08 Å². The van der Waals surface area contributed by atoms with Crippen LogP contribution in [0.4, 0.5) is 0 Å². The Morgan fingerprint density at radius 2 is 2.30 bits per heavy atom. The first kappa shape index (κ1) is 15.7. The van der Waals surface area contributed by atoms with E-state index in [0.29, 0.717) is 5.70 Å². The summed E-state index contributed by atoms with van der Waals surface area (Å²) in [7, 11) is 1.62. The van der Waals surface area contributed by atoms with Gasteiger partial charge in [0, 0.05) is 4.47 Å². The van der Waals surface area contributed by atoms with E-state index in [0.717, 1.165) is 32.3 Å². The van der Waals surface area contributed by atoms with E-state index >= 15 is 0 Å². The van der Waals surface area contributed by atoms with Crippen LogP contribution in [-0.4, -0.2) is 22.4 Å². The Morgan fingerprint density at radius 1 is 1.50 bits per heavy atom. The number of methoxy groups -OCH3 is 1.